The zero-order valence-corrected chi connectivity index (χ0v) is 12.8. The molecular weight excluding hydrogens is 278 g/mol. The topological polar surface area (TPSA) is 75.6 Å². The summed E-state index contributed by atoms with van der Waals surface area (Å²) in [4.78, 5) is 0.233. The van der Waals surface area contributed by atoms with E-state index in [1.165, 1.54) is 7.11 Å². The van der Waals surface area contributed by atoms with Gasteiger partial charge in [0.1, 0.15) is 0 Å². The van der Waals surface area contributed by atoms with E-state index in [4.69, 9.17) is 9.84 Å². The van der Waals surface area contributed by atoms with E-state index in [1.54, 1.807) is 12.1 Å². The highest BCUT2D eigenvalue weighted by Crippen LogP contribution is 2.13. The number of hydrogen-bond acceptors (Lipinski definition) is 4. The third-order valence-electron chi connectivity index (χ3n) is 2.94. The summed E-state index contributed by atoms with van der Waals surface area (Å²) >= 11 is 0. The fraction of sp³-hybridized carbons (Fsp3) is 0.571. The second-order valence-electron chi connectivity index (χ2n) is 4.68. The Labute approximate surface area is 121 Å². The molecule has 5 nitrogen and oxygen atoms in total. The van der Waals surface area contributed by atoms with Crippen LogP contribution >= 0.6 is 0 Å². The molecule has 1 atom stereocenters. The van der Waals surface area contributed by atoms with Crippen molar-refractivity contribution in [1.29, 1.82) is 0 Å². The fourth-order valence-electron chi connectivity index (χ4n) is 1.94. The predicted molar refractivity (Wildman–Crippen MR) is 78.1 cm³/mol. The standard InChI is InChI=1S/C14H23NO4S/c1-3-4-12-5-7-14(8-6-12)20(17,18)15-13(9-10-16)11-19-2/h5-8,13,15-16H,3-4,9-11H2,1-2H3. The molecule has 0 aliphatic carbocycles. The molecule has 0 saturated heterocycles. The quantitative estimate of drug-likeness (QED) is 0.721. The highest BCUT2D eigenvalue weighted by atomic mass is 32.2. The van der Waals surface area contributed by atoms with Crippen LogP contribution in [0.3, 0.4) is 0 Å². The van der Waals surface area contributed by atoms with Crippen molar-refractivity contribution >= 4 is 10.0 Å². The molecule has 1 aromatic carbocycles. The normalized spacial score (nSPS) is 13.3. The van der Waals surface area contributed by atoms with Gasteiger partial charge in [-0.25, -0.2) is 13.1 Å². The van der Waals surface area contributed by atoms with Crippen LogP contribution in [0, 0.1) is 0 Å². The molecule has 1 rings (SSSR count). The first kappa shape index (κ1) is 17.1. The van der Waals surface area contributed by atoms with Gasteiger partial charge in [-0.1, -0.05) is 25.5 Å². The number of hydrogen-bond donors (Lipinski definition) is 2. The Morgan fingerprint density at radius 3 is 2.45 bits per heavy atom. The van der Waals surface area contributed by atoms with Gasteiger partial charge in [-0.3, -0.25) is 0 Å². The van der Waals surface area contributed by atoms with E-state index < -0.39 is 16.1 Å². The molecule has 0 spiro atoms. The number of sulfonamides is 1. The van der Waals surface area contributed by atoms with Crippen LogP contribution in [-0.2, 0) is 21.2 Å². The second-order valence-corrected chi connectivity index (χ2v) is 6.39. The van der Waals surface area contributed by atoms with Gasteiger partial charge in [0.15, 0.2) is 0 Å². The lowest BCUT2D eigenvalue weighted by molar-refractivity contribution is 0.158. The number of aliphatic hydroxyl groups is 1. The first-order valence-electron chi connectivity index (χ1n) is 6.74. The Morgan fingerprint density at radius 1 is 1.30 bits per heavy atom. The van der Waals surface area contributed by atoms with E-state index in [2.05, 4.69) is 11.6 Å². The van der Waals surface area contributed by atoms with Crippen molar-refractivity contribution < 1.29 is 18.3 Å². The number of methoxy groups -OCH3 is 1. The predicted octanol–water partition coefficient (Wildman–Crippen LogP) is 1.31. The maximum atomic E-state index is 12.2. The number of rotatable bonds is 9. The summed E-state index contributed by atoms with van der Waals surface area (Å²) < 4.78 is 31.9. The van der Waals surface area contributed by atoms with E-state index in [-0.39, 0.29) is 18.1 Å². The van der Waals surface area contributed by atoms with Gasteiger partial charge < -0.3 is 9.84 Å². The molecule has 6 heteroatoms. The molecule has 0 aliphatic rings. The summed E-state index contributed by atoms with van der Waals surface area (Å²) in [5.74, 6) is 0. The minimum atomic E-state index is -3.58. The molecule has 0 saturated carbocycles. The highest BCUT2D eigenvalue weighted by molar-refractivity contribution is 7.89. The minimum absolute atomic E-state index is 0.0913. The van der Waals surface area contributed by atoms with Crippen molar-refractivity contribution in [3.63, 3.8) is 0 Å². The van der Waals surface area contributed by atoms with Gasteiger partial charge in [0.05, 0.1) is 11.5 Å². The lowest BCUT2D eigenvalue weighted by atomic mass is 10.1. The van der Waals surface area contributed by atoms with Gasteiger partial charge in [-0.15, -0.1) is 0 Å². The third-order valence-corrected chi connectivity index (χ3v) is 4.48. The fourth-order valence-corrected chi connectivity index (χ4v) is 3.20. The third kappa shape index (κ3) is 5.20. The van der Waals surface area contributed by atoms with Gasteiger partial charge in [0.25, 0.3) is 0 Å². The van der Waals surface area contributed by atoms with Crippen molar-refractivity contribution in [2.24, 2.45) is 0 Å². The van der Waals surface area contributed by atoms with Gasteiger partial charge >= 0.3 is 0 Å². The van der Waals surface area contributed by atoms with Crippen molar-refractivity contribution in [3.05, 3.63) is 29.8 Å². The van der Waals surface area contributed by atoms with E-state index in [0.717, 1.165) is 18.4 Å². The van der Waals surface area contributed by atoms with Crippen molar-refractivity contribution in [2.45, 2.75) is 37.1 Å². The Morgan fingerprint density at radius 2 is 1.95 bits per heavy atom. The largest absolute Gasteiger partial charge is 0.396 e. The Bertz CT molecular complexity index is 478. The van der Waals surface area contributed by atoms with Crippen LogP contribution in [0.25, 0.3) is 0 Å². The first-order valence-corrected chi connectivity index (χ1v) is 8.23. The molecule has 20 heavy (non-hydrogen) atoms. The number of aliphatic hydroxyl groups excluding tert-OH is 1. The van der Waals surface area contributed by atoms with Crippen LogP contribution in [0.4, 0.5) is 0 Å². The lowest BCUT2D eigenvalue weighted by Crippen LogP contribution is -2.38. The average Bonchev–Trinajstić information content (AvgIpc) is 2.40. The van der Waals surface area contributed by atoms with Gasteiger partial charge in [0.2, 0.25) is 10.0 Å². The van der Waals surface area contributed by atoms with Gasteiger partial charge in [-0.05, 0) is 30.5 Å². The Balaban J connectivity index is 2.80. The van der Waals surface area contributed by atoms with Crippen LogP contribution < -0.4 is 4.72 Å². The summed E-state index contributed by atoms with van der Waals surface area (Å²) in [6.45, 7) is 2.22. The number of benzene rings is 1. The molecule has 0 aliphatic heterocycles. The Kier molecular flexibility index (Phi) is 7.15. The summed E-state index contributed by atoms with van der Waals surface area (Å²) in [6.07, 6.45) is 2.28. The van der Waals surface area contributed by atoms with Crippen molar-refractivity contribution in [2.75, 3.05) is 20.3 Å². The molecule has 2 N–H and O–H groups in total. The highest BCUT2D eigenvalue weighted by Gasteiger charge is 2.19. The molecule has 0 heterocycles. The first-order chi connectivity index (χ1) is 9.53. The molecule has 0 amide bonds. The van der Waals surface area contributed by atoms with Crippen LogP contribution in [0.15, 0.2) is 29.2 Å². The average molecular weight is 301 g/mol. The molecule has 0 aromatic heterocycles. The number of nitrogens with one attached hydrogen (secondary N) is 1. The number of ether oxygens (including phenoxy) is 1. The molecule has 0 radical (unpaired) electrons. The molecular formula is C14H23NO4S. The van der Waals surface area contributed by atoms with E-state index in [9.17, 15) is 8.42 Å². The smallest absolute Gasteiger partial charge is 0.240 e. The van der Waals surface area contributed by atoms with Crippen LogP contribution in [-0.4, -0.2) is 39.9 Å². The van der Waals surface area contributed by atoms with Crippen LogP contribution in [0.5, 0.6) is 0 Å². The van der Waals surface area contributed by atoms with E-state index >= 15 is 0 Å². The zero-order valence-electron chi connectivity index (χ0n) is 12.0. The summed E-state index contributed by atoms with van der Waals surface area (Å²) in [7, 11) is -2.08. The SMILES string of the molecule is CCCc1ccc(S(=O)(=O)NC(CCO)COC)cc1. The van der Waals surface area contributed by atoms with Crippen molar-refractivity contribution in [1.82, 2.24) is 4.72 Å². The molecule has 0 bridgehead atoms. The summed E-state index contributed by atoms with van der Waals surface area (Å²) in [5.41, 5.74) is 1.12. The van der Waals surface area contributed by atoms with Crippen LogP contribution in [0.1, 0.15) is 25.3 Å². The maximum absolute atomic E-state index is 12.2. The van der Waals surface area contributed by atoms with Gasteiger partial charge in [-0.2, -0.15) is 0 Å². The number of aryl methyl sites for hydroxylation is 1. The summed E-state index contributed by atoms with van der Waals surface area (Å²) in [5, 5.41) is 8.94. The second kappa shape index (κ2) is 8.36. The molecule has 0 fully saturated rings. The lowest BCUT2D eigenvalue weighted by Gasteiger charge is -2.17. The monoisotopic (exact) mass is 301 g/mol. The minimum Gasteiger partial charge on any atom is -0.396 e. The Hall–Kier alpha value is -0.950. The molecule has 1 aromatic rings. The van der Waals surface area contributed by atoms with E-state index in [0.29, 0.717) is 6.42 Å². The maximum Gasteiger partial charge on any atom is 0.240 e. The molecule has 114 valence electrons. The van der Waals surface area contributed by atoms with Crippen molar-refractivity contribution in [3.8, 4) is 0 Å². The van der Waals surface area contributed by atoms with Crippen LogP contribution in [0.2, 0.25) is 0 Å². The summed E-state index contributed by atoms with van der Waals surface area (Å²) in [6, 6.07) is 6.45. The van der Waals surface area contributed by atoms with E-state index in [1.807, 2.05) is 12.1 Å². The molecule has 1 unspecified atom stereocenters. The zero-order chi connectivity index (χ0) is 15.0. The van der Waals surface area contributed by atoms with Gasteiger partial charge in [0, 0.05) is 19.8 Å².